The van der Waals surface area contributed by atoms with Gasteiger partial charge >= 0.3 is 0 Å². The molecule has 8 heteroatoms. The zero-order chi connectivity index (χ0) is 21.3. The third-order valence-corrected chi connectivity index (χ3v) is 5.90. The van der Waals surface area contributed by atoms with Crippen LogP contribution in [-0.4, -0.2) is 56.3 Å². The highest BCUT2D eigenvalue weighted by atomic mass is 16.5. The summed E-state index contributed by atoms with van der Waals surface area (Å²) < 4.78 is 16.6. The number of ketones is 1. The lowest BCUT2D eigenvalue weighted by atomic mass is 9.75. The average molecular weight is 410 g/mol. The summed E-state index contributed by atoms with van der Waals surface area (Å²) >= 11 is 0. The number of ether oxygens (including phenoxy) is 3. The SMILES string of the molecule is COc1cccc(C2C(C#N)=C(N)N(N3CCOCC3)C3=C2C(=O)CCC3)c1OC. The summed E-state index contributed by atoms with van der Waals surface area (Å²) in [6.07, 6.45) is 1.94. The first kappa shape index (κ1) is 20.3. The molecule has 1 aromatic carbocycles. The Kier molecular flexibility index (Phi) is 5.66. The van der Waals surface area contributed by atoms with Crippen molar-refractivity contribution in [1.82, 2.24) is 10.0 Å². The summed E-state index contributed by atoms with van der Waals surface area (Å²) in [6.45, 7) is 2.46. The van der Waals surface area contributed by atoms with E-state index >= 15 is 0 Å². The van der Waals surface area contributed by atoms with Crippen molar-refractivity contribution in [1.29, 1.82) is 5.26 Å². The molecule has 1 unspecified atom stereocenters. The summed E-state index contributed by atoms with van der Waals surface area (Å²) in [6, 6.07) is 7.79. The van der Waals surface area contributed by atoms with E-state index in [0.717, 1.165) is 18.5 Å². The van der Waals surface area contributed by atoms with Gasteiger partial charge in [-0.3, -0.25) is 9.80 Å². The van der Waals surface area contributed by atoms with Crippen molar-refractivity contribution in [2.24, 2.45) is 5.73 Å². The highest BCUT2D eigenvalue weighted by Gasteiger charge is 2.43. The number of methoxy groups -OCH3 is 2. The van der Waals surface area contributed by atoms with Crippen LogP contribution in [0.5, 0.6) is 11.5 Å². The van der Waals surface area contributed by atoms with Crippen LogP contribution in [0, 0.1) is 11.3 Å². The van der Waals surface area contributed by atoms with Crippen LogP contribution in [0.15, 0.2) is 40.9 Å². The summed E-state index contributed by atoms with van der Waals surface area (Å²) in [5, 5.41) is 14.1. The maximum Gasteiger partial charge on any atom is 0.164 e. The number of carbonyl (C=O) groups excluding carboxylic acids is 1. The van der Waals surface area contributed by atoms with E-state index in [2.05, 4.69) is 11.1 Å². The van der Waals surface area contributed by atoms with Gasteiger partial charge < -0.3 is 19.9 Å². The predicted octanol–water partition coefficient (Wildman–Crippen LogP) is 2.05. The Morgan fingerprint density at radius 1 is 1.20 bits per heavy atom. The van der Waals surface area contributed by atoms with Gasteiger partial charge in [-0.2, -0.15) is 5.26 Å². The fourth-order valence-corrected chi connectivity index (χ4v) is 4.59. The number of hydrazine groups is 1. The Bertz CT molecular complexity index is 956. The number of allylic oxidation sites excluding steroid dienone is 3. The minimum atomic E-state index is -0.583. The molecule has 2 aliphatic heterocycles. The number of para-hydroxylation sites is 1. The molecule has 0 spiro atoms. The van der Waals surface area contributed by atoms with E-state index < -0.39 is 5.92 Å². The standard InChI is InChI=1S/C22H26N4O4/c1-28-18-8-3-5-14(21(18)29-2)19-15(13-23)22(24)26(25-9-11-30-12-10-25)16-6-4-7-17(27)20(16)19/h3,5,8,19H,4,6-7,9-12,24H2,1-2H3. The van der Waals surface area contributed by atoms with Crippen LogP contribution in [0.1, 0.15) is 30.7 Å². The topological polar surface area (TPSA) is 101 Å². The molecule has 0 saturated carbocycles. The molecule has 158 valence electrons. The molecular weight excluding hydrogens is 384 g/mol. The largest absolute Gasteiger partial charge is 0.493 e. The normalized spacial score (nSPS) is 22.6. The lowest BCUT2D eigenvalue weighted by Crippen LogP contribution is -2.52. The third-order valence-electron chi connectivity index (χ3n) is 5.90. The van der Waals surface area contributed by atoms with Crippen molar-refractivity contribution in [3.8, 4) is 17.6 Å². The van der Waals surface area contributed by atoms with Gasteiger partial charge in [0, 0.05) is 36.3 Å². The molecule has 1 atom stereocenters. The van der Waals surface area contributed by atoms with Gasteiger partial charge in [0.2, 0.25) is 0 Å². The second kappa shape index (κ2) is 8.38. The lowest BCUT2D eigenvalue weighted by Gasteiger charge is -2.45. The average Bonchev–Trinajstić information content (AvgIpc) is 2.78. The van der Waals surface area contributed by atoms with E-state index in [1.165, 1.54) is 0 Å². The number of benzene rings is 1. The van der Waals surface area contributed by atoms with E-state index in [-0.39, 0.29) is 5.78 Å². The van der Waals surface area contributed by atoms with E-state index in [0.29, 0.717) is 66.8 Å². The number of Topliss-reactive ketones (excluding diaryl/α,β-unsaturated/α-hetero) is 1. The molecule has 3 aliphatic rings. The minimum Gasteiger partial charge on any atom is -0.493 e. The number of morpholine rings is 1. The highest BCUT2D eigenvalue weighted by Crippen LogP contribution is 2.49. The first-order chi connectivity index (χ1) is 14.6. The van der Waals surface area contributed by atoms with E-state index in [9.17, 15) is 10.1 Å². The molecule has 2 N–H and O–H groups in total. The Morgan fingerprint density at radius 2 is 1.97 bits per heavy atom. The Hall–Kier alpha value is -3.02. The molecule has 0 amide bonds. The molecule has 0 bridgehead atoms. The third kappa shape index (κ3) is 3.20. The number of rotatable bonds is 4. The van der Waals surface area contributed by atoms with Gasteiger partial charge in [0.1, 0.15) is 5.82 Å². The minimum absolute atomic E-state index is 0.0460. The van der Waals surface area contributed by atoms with Gasteiger partial charge in [0.15, 0.2) is 17.3 Å². The first-order valence-corrected chi connectivity index (χ1v) is 10.1. The van der Waals surface area contributed by atoms with Crippen LogP contribution in [0.25, 0.3) is 0 Å². The quantitative estimate of drug-likeness (QED) is 0.805. The smallest absolute Gasteiger partial charge is 0.164 e. The molecule has 0 radical (unpaired) electrons. The van der Waals surface area contributed by atoms with Crippen LogP contribution in [0.4, 0.5) is 0 Å². The van der Waals surface area contributed by atoms with Gasteiger partial charge in [-0.25, -0.2) is 5.01 Å². The van der Waals surface area contributed by atoms with Crippen LogP contribution in [0.3, 0.4) is 0 Å². The Morgan fingerprint density at radius 3 is 2.63 bits per heavy atom. The zero-order valence-electron chi connectivity index (χ0n) is 17.3. The molecule has 30 heavy (non-hydrogen) atoms. The summed E-state index contributed by atoms with van der Waals surface area (Å²) in [7, 11) is 3.12. The van der Waals surface area contributed by atoms with Crippen molar-refractivity contribution in [2.45, 2.75) is 25.2 Å². The van der Waals surface area contributed by atoms with E-state index in [1.54, 1.807) is 20.3 Å². The fraction of sp³-hybridized carbons (Fsp3) is 0.455. The second-order valence-corrected chi connectivity index (χ2v) is 7.44. The van der Waals surface area contributed by atoms with Crippen molar-refractivity contribution in [3.63, 3.8) is 0 Å². The summed E-state index contributed by atoms with van der Waals surface area (Å²) in [5.74, 6) is 0.884. The molecule has 1 saturated heterocycles. The first-order valence-electron chi connectivity index (χ1n) is 10.1. The molecule has 0 aromatic heterocycles. The van der Waals surface area contributed by atoms with Crippen LogP contribution in [-0.2, 0) is 9.53 Å². The maximum absolute atomic E-state index is 13.2. The fourth-order valence-electron chi connectivity index (χ4n) is 4.59. The molecule has 1 fully saturated rings. The monoisotopic (exact) mass is 410 g/mol. The van der Waals surface area contributed by atoms with Crippen LogP contribution in [0.2, 0.25) is 0 Å². The number of nitrogens with zero attached hydrogens (tertiary/aromatic N) is 3. The molecule has 2 heterocycles. The predicted molar refractivity (Wildman–Crippen MR) is 109 cm³/mol. The van der Waals surface area contributed by atoms with Gasteiger partial charge in [-0.05, 0) is 18.9 Å². The van der Waals surface area contributed by atoms with Crippen molar-refractivity contribution in [3.05, 3.63) is 46.4 Å². The summed E-state index contributed by atoms with van der Waals surface area (Å²) in [4.78, 5) is 13.2. The van der Waals surface area contributed by atoms with Crippen LogP contribution >= 0.6 is 0 Å². The number of nitriles is 1. The molecule has 1 aliphatic carbocycles. The Balaban J connectivity index is 1.93. The molecular formula is C22H26N4O4. The zero-order valence-corrected chi connectivity index (χ0v) is 17.3. The molecule has 4 rings (SSSR count). The number of nitrogens with two attached hydrogens (primary N) is 1. The number of carbonyl (C=O) groups is 1. The second-order valence-electron chi connectivity index (χ2n) is 7.44. The molecule has 8 nitrogen and oxygen atoms in total. The van der Waals surface area contributed by atoms with Gasteiger partial charge in [-0.15, -0.1) is 0 Å². The summed E-state index contributed by atoms with van der Waals surface area (Å²) in [5.41, 5.74) is 9.15. The van der Waals surface area contributed by atoms with Crippen LogP contribution < -0.4 is 15.2 Å². The van der Waals surface area contributed by atoms with Crippen molar-refractivity contribution >= 4 is 5.78 Å². The van der Waals surface area contributed by atoms with Gasteiger partial charge in [0.25, 0.3) is 0 Å². The Labute approximate surface area is 176 Å². The van der Waals surface area contributed by atoms with Gasteiger partial charge in [-0.1, -0.05) is 12.1 Å². The number of hydrogen-bond acceptors (Lipinski definition) is 8. The highest BCUT2D eigenvalue weighted by molar-refractivity contribution is 6.00. The van der Waals surface area contributed by atoms with E-state index in [1.807, 2.05) is 17.1 Å². The van der Waals surface area contributed by atoms with Crippen molar-refractivity contribution < 1.29 is 19.0 Å². The lowest BCUT2D eigenvalue weighted by molar-refractivity contribution is -0.117. The molecule has 1 aromatic rings. The van der Waals surface area contributed by atoms with E-state index in [4.69, 9.17) is 19.9 Å². The van der Waals surface area contributed by atoms with Crippen molar-refractivity contribution in [2.75, 3.05) is 40.5 Å². The maximum atomic E-state index is 13.2. The number of hydrogen-bond donors (Lipinski definition) is 1. The van der Waals surface area contributed by atoms with Gasteiger partial charge in [0.05, 0.1) is 45.0 Å².